The second-order valence-corrected chi connectivity index (χ2v) is 6.45. The topological polar surface area (TPSA) is 41.1 Å². The van der Waals surface area contributed by atoms with Crippen LogP contribution in [0.3, 0.4) is 0 Å². The second-order valence-electron chi connectivity index (χ2n) is 5.54. The Morgan fingerprint density at radius 2 is 1.86 bits per heavy atom. The van der Waals surface area contributed by atoms with Crippen molar-refractivity contribution in [2.75, 3.05) is 11.9 Å². The molecule has 3 nitrogen and oxygen atoms in total. The maximum atomic E-state index is 11.9. The Labute approximate surface area is 140 Å². The van der Waals surface area contributed by atoms with Gasteiger partial charge in [-0.15, -0.1) is 0 Å². The molecule has 0 unspecified atom stereocenters. The van der Waals surface area contributed by atoms with E-state index in [0.717, 1.165) is 16.6 Å². The van der Waals surface area contributed by atoms with Gasteiger partial charge in [-0.2, -0.15) is 0 Å². The zero-order valence-electron chi connectivity index (χ0n) is 12.9. The number of hydrogen-bond acceptors (Lipinski definition) is 1. The largest absolute Gasteiger partial charge is 0.338 e. The smallest absolute Gasteiger partial charge is 0.319 e. The van der Waals surface area contributed by atoms with Crippen LogP contribution in [-0.4, -0.2) is 12.6 Å². The summed E-state index contributed by atoms with van der Waals surface area (Å²) in [7, 11) is 0. The number of carbonyl (C=O) groups excluding carboxylic acids is 1. The average molecular weight is 361 g/mol. The van der Waals surface area contributed by atoms with Gasteiger partial charge < -0.3 is 10.6 Å². The van der Waals surface area contributed by atoms with Crippen LogP contribution in [0.5, 0.6) is 0 Å². The zero-order valence-corrected chi connectivity index (χ0v) is 14.5. The molecule has 2 aromatic rings. The van der Waals surface area contributed by atoms with Crippen molar-refractivity contribution < 1.29 is 4.79 Å². The standard InChI is InChI=1S/C18H21BrN2O/c1-13(2)15-6-8-17(9-7-15)21-18(22)20-11-10-14-4-3-5-16(19)12-14/h3-9,12-13H,10-11H2,1-2H3,(H2,20,21,22). The van der Waals surface area contributed by atoms with Crippen molar-refractivity contribution in [3.63, 3.8) is 0 Å². The Morgan fingerprint density at radius 1 is 1.14 bits per heavy atom. The maximum Gasteiger partial charge on any atom is 0.319 e. The fraction of sp³-hybridized carbons (Fsp3) is 0.278. The number of rotatable bonds is 5. The molecule has 22 heavy (non-hydrogen) atoms. The van der Waals surface area contributed by atoms with Crippen LogP contribution in [0, 0.1) is 0 Å². The molecule has 0 aliphatic heterocycles. The SMILES string of the molecule is CC(C)c1ccc(NC(=O)NCCc2cccc(Br)c2)cc1. The number of carbonyl (C=O) groups is 1. The van der Waals surface area contributed by atoms with Crippen LogP contribution < -0.4 is 10.6 Å². The molecule has 0 aliphatic carbocycles. The molecule has 2 N–H and O–H groups in total. The first kappa shape index (κ1) is 16.6. The van der Waals surface area contributed by atoms with Crippen LogP contribution in [0.1, 0.15) is 30.9 Å². The van der Waals surface area contributed by atoms with E-state index in [1.807, 2.05) is 36.4 Å². The summed E-state index contributed by atoms with van der Waals surface area (Å²) in [5.74, 6) is 0.494. The van der Waals surface area contributed by atoms with Crippen molar-refractivity contribution in [1.82, 2.24) is 5.32 Å². The Balaban J connectivity index is 1.78. The van der Waals surface area contributed by atoms with E-state index in [2.05, 4.69) is 52.5 Å². The lowest BCUT2D eigenvalue weighted by atomic mass is 10.0. The lowest BCUT2D eigenvalue weighted by Crippen LogP contribution is -2.30. The van der Waals surface area contributed by atoms with Gasteiger partial charge in [-0.3, -0.25) is 0 Å². The van der Waals surface area contributed by atoms with E-state index in [9.17, 15) is 4.79 Å². The summed E-state index contributed by atoms with van der Waals surface area (Å²) >= 11 is 3.44. The number of urea groups is 1. The van der Waals surface area contributed by atoms with Crippen molar-refractivity contribution in [2.24, 2.45) is 0 Å². The molecule has 0 atom stereocenters. The molecule has 2 aromatic carbocycles. The maximum absolute atomic E-state index is 11.9. The van der Waals surface area contributed by atoms with Crippen molar-refractivity contribution in [2.45, 2.75) is 26.2 Å². The summed E-state index contributed by atoms with van der Waals surface area (Å²) < 4.78 is 1.06. The highest BCUT2D eigenvalue weighted by Gasteiger charge is 2.03. The molecular formula is C18H21BrN2O. The summed E-state index contributed by atoms with van der Waals surface area (Å²) in [6, 6.07) is 15.9. The minimum absolute atomic E-state index is 0.174. The summed E-state index contributed by atoms with van der Waals surface area (Å²) in [6.07, 6.45) is 0.805. The van der Waals surface area contributed by atoms with Crippen LogP contribution in [0.15, 0.2) is 53.0 Å². The molecule has 4 heteroatoms. The summed E-state index contributed by atoms with van der Waals surface area (Å²) in [4.78, 5) is 11.9. The predicted octanol–water partition coefficient (Wildman–Crippen LogP) is 4.94. The molecule has 0 aromatic heterocycles. The van der Waals surface area contributed by atoms with Crippen LogP contribution in [-0.2, 0) is 6.42 Å². The fourth-order valence-electron chi connectivity index (χ4n) is 2.14. The molecule has 0 bridgehead atoms. The quantitative estimate of drug-likeness (QED) is 0.778. The van der Waals surface area contributed by atoms with E-state index in [-0.39, 0.29) is 6.03 Å². The van der Waals surface area contributed by atoms with E-state index < -0.39 is 0 Å². The van der Waals surface area contributed by atoms with Crippen LogP contribution in [0.4, 0.5) is 10.5 Å². The Morgan fingerprint density at radius 3 is 2.50 bits per heavy atom. The average Bonchev–Trinajstić information content (AvgIpc) is 2.48. The minimum atomic E-state index is -0.174. The molecular weight excluding hydrogens is 340 g/mol. The van der Waals surface area contributed by atoms with E-state index in [0.29, 0.717) is 12.5 Å². The van der Waals surface area contributed by atoms with Gasteiger partial charge in [0.05, 0.1) is 0 Å². The molecule has 116 valence electrons. The second kappa shape index (κ2) is 7.99. The molecule has 0 saturated carbocycles. The molecule has 0 heterocycles. The van der Waals surface area contributed by atoms with Gasteiger partial charge in [0.25, 0.3) is 0 Å². The first-order valence-electron chi connectivity index (χ1n) is 7.44. The third-order valence-corrected chi connectivity index (χ3v) is 3.92. The molecule has 2 amide bonds. The first-order chi connectivity index (χ1) is 10.5. The monoisotopic (exact) mass is 360 g/mol. The van der Waals surface area contributed by atoms with Crippen LogP contribution in [0.25, 0.3) is 0 Å². The highest BCUT2D eigenvalue weighted by atomic mass is 79.9. The van der Waals surface area contributed by atoms with E-state index in [1.54, 1.807) is 0 Å². The van der Waals surface area contributed by atoms with Gasteiger partial charge in [0.15, 0.2) is 0 Å². The Kier molecular flexibility index (Phi) is 6.01. The minimum Gasteiger partial charge on any atom is -0.338 e. The molecule has 0 spiro atoms. The van der Waals surface area contributed by atoms with Crippen molar-refractivity contribution in [3.05, 3.63) is 64.1 Å². The molecule has 0 radical (unpaired) electrons. The van der Waals surface area contributed by atoms with E-state index in [1.165, 1.54) is 11.1 Å². The van der Waals surface area contributed by atoms with Gasteiger partial charge in [-0.05, 0) is 47.7 Å². The highest BCUT2D eigenvalue weighted by Crippen LogP contribution is 2.17. The van der Waals surface area contributed by atoms with Crippen molar-refractivity contribution >= 4 is 27.6 Å². The zero-order chi connectivity index (χ0) is 15.9. The number of benzene rings is 2. The van der Waals surface area contributed by atoms with Gasteiger partial charge in [-0.1, -0.05) is 54.0 Å². The first-order valence-corrected chi connectivity index (χ1v) is 8.23. The lowest BCUT2D eigenvalue weighted by molar-refractivity contribution is 0.252. The fourth-order valence-corrected chi connectivity index (χ4v) is 2.59. The Hall–Kier alpha value is -1.81. The predicted molar refractivity (Wildman–Crippen MR) is 95.4 cm³/mol. The van der Waals surface area contributed by atoms with Gasteiger partial charge in [0, 0.05) is 16.7 Å². The van der Waals surface area contributed by atoms with Crippen molar-refractivity contribution in [1.29, 1.82) is 0 Å². The Bertz CT molecular complexity index is 623. The number of nitrogens with one attached hydrogen (secondary N) is 2. The van der Waals surface area contributed by atoms with Gasteiger partial charge in [0.2, 0.25) is 0 Å². The van der Waals surface area contributed by atoms with Crippen molar-refractivity contribution in [3.8, 4) is 0 Å². The summed E-state index contributed by atoms with van der Waals surface area (Å²) in [5.41, 5.74) is 3.26. The number of hydrogen-bond donors (Lipinski definition) is 2. The van der Waals surface area contributed by atoms with Gasteiger partial charge in [-0.25, -0.2) is 4.79 Å². The van der Waals surface area contributed by atoms with Gasteiger partial charge in [0.1, 0.15) is 0 Å². The number of halogens is 1. The summed E-state index contributed by atoms with van der Waals surface area (Å²) in [5, 5.41) is 5.72. The van der Waals surface area contributed by atoms with Crippen LogP contribution in [0.2, 0.25) is 0 Å². The van der Waals surface area contributed by atoms with Crippen LogP contribution >= 0.6 is 15.9 Å². The third-order valence-electron chi connectivity index (χ3n) is 3.42. The molecule has 0 aliphatic rings. The summed E-state index contributed by atoms with van der Waals surface area (Å²) in [6.45, 7) is 4.90. The molecule has 2 rings (SSSR count). The van der Waals surface area contributed by atoms with Gasteiger partial charge >= 0.3 is 6.03 Å². The number of anilines is 1. The normalized spacial score (nSPS) is 10.5. The third kappa shape index (κ3) is 5.19. The highest BCUT2D eigenvalue weighted by molar-refractivity contribution is 9.10. The lowest BCUT2D eigenvalue weighted by Gasteiger charge is -2.10. The van der Waals surface area contributed by atoms with E-state index in [4.69, 9.17) is 0 Å². The molecule has 0 fully saturated rings. The number of amides is 2. The molecule has 0 saturated heterocycles. The van der Waals surface area contributed by atoms with E-state index >= 15 is 0 Å².